The van der Waals surface area contributed by atoms with E-state index in [0.717, 1.165) is 58.7 Å². The van der Waals surface area contributed by atoms with Crippen LogP contribution in [0.15, 0.2) is 36.7 Å². The highest BCUT2D eigenvalue weighted by Crippen LogP contribution is 2.35. The van der Waals surface area contributed by atoms with E-state index in [1.54, 1.807) is 13.3 Å². The lowest BCUT2D eigenvalue weighted by Gasteiger charge is -2.29. The zero-order valence-corrected chi connectivity index (χ0v) is 17.9. The van der Waals surface area contributed by atoms with E-state index in [1.807, 2.05) is 24.4 Å². The SMILES string of the molecule is COc1nc(NC2CCC(OCCO)CC2)nc2[nH]cc(-c3ccc4nnccc4c3)c12. The number of aliphatic hydroxyl groups is 1. The topological polar surface area (TPSA) is 118 Å². The molecule has 0 unspecified atom stereocenters. The number of aromatic nitrogens is 5. The first-order valence-corrected chi connectivity index (χ1v) is 10.9. The molecule has 32 heavy (non-hydrogen) atoms. The first kappa shape index (κ1) is 20.6. The summed E-state index contributed by atoms with van der Waals surface area (Å²) in [6.45, 7) is 0.469. The summed E-state index contributed by atoms with van der Waals surface area (Å²) in [5.41, 5.74) is 3.58. The highest BCUT2D eigenvalue weighted by atomic mass is 16.5. The first-order chi connectivity index (χ1) is 15.7. The molecule has 1 aromatic carbocycles. The van der Waals surface area contributed by atoms with Crippen molar-refractivity contribution >= 4 is 27.9 Å². The van der Waals surface area contributed by atoms with Crippen LogP contribution < -0.4 is 10.1 Å². The lowest BCUT2D eigenvalue weighted by molar-refractivity contribution is 0.00719. The first-order valence-electron chi connectivity index (χ1n) is 10.9. The van der Waals surface area contributed by atoms with Gasteiger partial charge in [-0.15, -0.1) is 0 Å². The molecule has 1 aliphatic carbocycles. The summed E-state index contributed by atoms with van der Waals surface area (Å²) in [6, 6.07) is 8.28. The van der Waals surface area contributed by atoms with Crippen molar-refractivity contribution < 1.29 is 14.6 Å². The molecule has 1 saturated carbocycles. The molecular formula is C23H26N6O3. The van der Waals surface area contributed by atoms with Gasteiger partial charge in [-0.3, -0.25) is 0 Å². The van der Waals surface area contributed by atoms with Crippen LogP contribution in [0.5, 0.6) is 5.88 Å². The molecule has 0 bridgehead atoms. The van der Waals surface area contributed by atoms with Crippen LogP contribution in [0.1, 0.15) is 25.7 Å². The van der Waals surface area contributed by atoms with E-state index in [9.17, 15) is 0 Å². The Labute approximate surface area is 185 Å². The number of nitrogens with zero attached hydrogens (tertiary/aromatic N) is 4. The van der Waals surface area contributed by atoms with Crippen molar-refractivity contribution in [3.63, 3.8) is 0 Å². The fraction of sp³-hybridized carbons (Fsp3) is 0.391. The third-order valence-corrected chi connectivity index (χ3v) is 5.97. The highest BCUT2D eigenvalue weighted by molar-refractivity contribution is 5.99. The maximum absolute atomic E-state index is 8.93. The predicted molar refractivity (Wildman–Crippen MR) is 122 cm³/mol. The van der Waals surface area contributed by atoms with Crippen molar-refractivity contribution in [3.8, 4) is 17.0 Å². The standard InChI is InChI=1S/C23H26N6O3/c1-31-22-20-18(14-2-7-19-15(12-14)8-9-25-29-19)13-24-21(20)27-23(28-22)26-16-3-5-17(6-4-16)32-11-10-30/h2,7-9,12-13,16-17,30H,3-6,10-11H2,1H3,(H2,24,26,27,28). The van der Waals surface area contributed by atoms with Gasteiger partial charge in [0, 0.05) is 23.2 Å². The Bertz CT molecular complexity index is 1220. The Kier molecular flexibility index (Phi) is 5.83. The molecule has 0 radical (unpaired) electrons. The van der Waals surface area contributed by atoms with Gasteiger partial charge in [0.1, 0.15) is 5.65 Å². The summed E-state index contributed by atoms with van der Waals surface area (Å²) in [5, 5.41) is 22.3. The summed E-state index contributed by atoms with van der Waals surface area (Å²) in [6.07, 6.45) is 7.69. The number of methoxy groups -OCH3 is 1. The minimum Gasteiger partial charge on any atom is -0.480 e. The predicted octanol–water partition coefficient (Wildman–Crippen LogP) is 3.31. The molecule has 0 saturated heterocycles. The van der Waals surface area contributed by atoms with Crippen molar-refractivity contribution in [3.05, 3.63) is 36.7 Å². The Morgan fingerprint density at radius 1 is 1.16 bits per heavy atom. The summed E-state index contributed by atoms with van der Waals surface area (Å²) in [7, 11) is 1.63. The second-order valence-electron chi connectivity index (χ2n) is 8.00. The van der Waals surface area contributed by atoms with E-state index in [1.165, 1.54) is 0 Å². The number of nitrogens with one attached hydrogen (secondary N) is 2. The minimum atomic E-state index is 0.0667. The molecule has 1 fully saturated rings. The molecule has 3 heterocycles. The number of aliphatic hydroxyl groups excluding tert-OH is 1. The molecule has 3 N–H and O–H groups in total. The van der Waals surface area contributed by atoms with E-state index in [4.69, 9.17) is 19.6 Å². The van der Waals surface area contributed by atoms with Gasteiger partial charge in [-0.25, -0.2) is 0 Å². The maximum Gasteiger partial charge on any atom is 0.228 e. The average molecular weight is 435 g/mol. The molecule has 1 aliphatic rings. The van der Waals surface area contributed by atoms with Crippen molar-refractivity contribution in [2.45, 2.75) is 37.8 Å². The number of ether oxygens (including phenoxy) is 2. The molecule has 0 amide bonds. The van der Waals surface area contributed by atoms with E-state index in [2.05, 4.69) is 31.5 Å². The van der Waals surface area contributed by atoms with Gasteiger partial charge in [0.25, 0.3) is 0 Å². The monoisotopic (exact) mass is 434 g/mol. The number of aromatic amines is 1. The lowest BCUT2D eigenvalue weighted by Crippen LogP contribution is -2.30. The molecular weight excluding hydrogens is 408 g/mol. The number of rotatable bonds is 7. The van der Waals surface area contributed by atoms with Gasteiger partial charge in [0.2, 0.25) is 11.8 Å². The minimum absolute atomic E-state index is 0.0667. The molecule has 0 atom stereocenters. The Hall–Kier alpha value is -3.30. The number of benzene rings is 1. The van der Waals surface area contributed by atoms with Gasteiger partial charge in [0.05, 0.1) is 43.5 Å². The summed E-state index contributed by atoms with van der Waals surface area (Å²) in [4.78, 5) is 12.6. The molecule has 0 aliphatic heterocycles. The third kappa shape index (κ3) is 4.09. The van der Waals surface area contributed by atoms with Crippen LogP contribution in [-0.4, -0.2) is 62.7 Å². The van der Waals surface area contributed by atoms with E-state index < -0.39 is 0 Å². The van der Waals surface area contributed by atoms with Crippen LogP contribution in [0.25, 0.3) is 33.1 Å². The van der Waals surface area contributed by atoms with Gasteiger partial charge in [-0.1, -0.05) is 6.07 Å². The molecule has 9 nitrogen and oxygen atoms in total. The van der Waals surface area contributed by atoms with E-state index >= 15 is 0 Å². The third-order valence-electron chi connectivity index (χ3n) is 5.97. The number of anilines is 1. The normalized spacial score (nSPS) is 18.8. The van der Waals surface area contributed by atoms with Crippen molar-refractivity contribution in [1.82, 2.24) is 25.1 Å². The molecule has 0 spiro atoms. The second-order valence-corrected chi connectivity index (χ2v) is 8.00. The van der Waals surface area contributed by atoms with Crippen molar-refractivity contribution in [1.29, 1.82) is 0 Å². The summed E-state index contributed by atoms with van der Waals surface area (Å²) >= 11 is 0. The Morgan fingerprint density at radius 3 is 2.84 bits per heavy atom. The quantitative estimate of drug-likeness (QED) is 0.405. The van der Waals surface area contributed by atoms with Gasteiger partial charge in [-0.2, -0.15) is 20.2 Å². The van der Waals surface area contributed by atoms with Crippen LogP contribution >= 0.6 is 0 Å². The Morgan fingerprint density at radius 2 is 2.03 bits per heavy atom. The number of H-pyrrole nitrogens is 1. The van der Waals surface area contributed by atoms with Gasteiger partial charge < -0.3 is 24.9 Å². The van der Waals surface area contributed by atoms with Crippen LogP contribution in [0, 0.1) is 0 Å². The summed E-state index contributed by atoms with van der Waals surface area (Å²) in [5.74, 6) is 1.08. The lowest BCUT2D eigenvalue weighted by atomic mass is 9.93. The van der Waals surface area contributed by atoms with Crippen molar-refractivity contribution in [2.75, 3.05) is 25.6 Å². The van der Waals surface area contributed by atoms with Gasteiger partial charge in [-0.05, 0) is 49.4 Å². The maximum atomic E-state index is 8.93. The molecule has 4 aromatic rings. The van der Waals surface area contributed by atoms with Crippen LogP contribution in [0.2, 0.25) is 0 Å². The number of fused-ring (bicyclic) bond motifs is 2. The number of hydrogen-bond acceptors (Lipinski definition) is 8. The van der Waals surface area contributed by atoms with Crippen molar-refractivity contribution in [2.24, 2.45) is 0 Å². The van der Waals surface area contributed by atoms with E-state index in [-0.39, 0.29) is 18.8 Å². The molecule has 9 heteroatoms. The van der Waals surface area contributed by atoms with Crippen LogP contribution in [0.4, 0.5) is 5.95 Å². The van der Waals surface area contributed by atoms with Gasteiger partial charge in [0.15, 0.2) is 0 Å². The second kappa shape index (κ2) is 9.05. The van der Waals surface area contributed by atoms with Crippen LogP contribution in [0.3, 0.4) is 0 Å². The highest BCUT2D eigenvalue weighted by Gasteiger charge is 2.23. The largest absolute Gasteiger partial charge is 0.480 e. The zero-order chi connectivity index (χ0) is 21.9. The zero-order valence-electron chi connectivity index (χ0n) is 17.9. The fourth-order valence-electron chi connectivity index (χ4n) is 4.37. The molecule has 5 rings (SSSR count). The smallest absolute Gasteiger partial charge is 0.228 e. The Balaban J connectivity index is 1.39. The van der Waals surface area contributed by atoms with Gasteiger partial charge >= 0.3 is 0 Å². The molecule has 3 aromatic heterocycles. The van der Waals surface area contributed by atoms with E-state index in [0.29, 0.717) is 18.4 Å². The molecule has 166 valence electrons. The summed E-state index contributed by atoms with van der Waals surface area (Å²) < 4.78 is 11.3. The average Bonchev–Trinajstić information content (AvgIpc) is 3.27. The fourth-order valence-corrected chi connectivity index (χ4v) is 4.37. The number of hydrogen-bond donors (Lipinski definition) is 3. The van der Waals surface area contributed by atoms with Crippen LogP contribution in [-0.2, 0) is 4.74 Å².